The van der Waals surface area contributed by atoms with Crippen molar-refractivity contribution >= 4 is 22.6 Å². The largest absolute Gasteiger partial charge is 0.481 e. The van der Waals surface area contributed by atoms with E-state index in [1.165, 1.54) is 0 Å². The van der Waals surface area contributed by atoms with Crippen LogP contribution in [-0.2, 0) is 11.2 Å². The molecule has 6 heteroatoms. The number of carbonyl (C=O) groups is 2. The van der Waals surface area contributed by atoms with Gasteiger partial charge in [-0.05, 0) is 72.0 Å². The van der Waals surface area contributed by atoms with Crippen LogP contribution in [0.3, 0.4) is 0 Å². The summed E-state index contributed by atoms with van der Waals surface area (Å²) in [6, 6.07) is 27.9. The third kappa shape index (κ3) is 5.89. The zero-order valence-electron chi connectivity index (χ0n) is 19.9. The van der Waals surface area contributed by atoms with Crippen LogP contribution in [0.1, 0.15) is 52.9 Å². The number of carbonyl (C=O) groups excluding carboxylic acids is 1. The second kappa shape index (κ2) is 11.2. The zero-order valence-corrected chi connectivity index (χ0v) is 19.9. The van der Waals surface area contributed by atoms with Gasteiger partial charge >= 0.3 is 5.97 Å². The van der Waals surface area contributed by atoms with E-state index in [0.717, 1.165) is 21.9 Å². The molecule has 0 heterocycles. The summed E-state index contributed by atoms with van der Waals surface area (Å²) in [5.74, 6) is -0.196. The molecular weight excluding hydrogens is 452 g/mol. The molecule has 0 aromatic heterocycles. The SMILES string of the molecule is C[C@@H](NC(=O)c1cc(Oc2cccc(C#N)c2)ccc1CCCC(=O)O)c1cccc2ccccc12. The van der Waals surface area contributed by atoms with E-state index in [-0.39, 0.29) is 18.4 Å². The molecule has 0 bridgehead atoms. The van der Waals surface area contributed by atoms with Gasteiger partial charge in [0, 0.05) is 12.0 Å². The Morgan fingerprint density at radius 3 is 2.53 bits per heavy atom. The maximum Gasteiger partial charge on any atom is 0.303 e. The van der Waals surface area contributed by atoms with Gasteiger partial charge in [-0.1, -0.05) is 54.6 Å². The van der Waals surface area contributed by atoms with E-state index >= 15 is 0 Å². The maximum atomic E-state index is 13.5. The van der Waals surface area contributed by atoms with E-state index in [2.05, 4.69) is 11.4 Å². The number of nitrogens with zero attached hydrogens (tertiary/aromatic N) is 1. The molecule has 4 aromatic rings. The summed E-state index contributed by atoms with van der Waals surface area (Å²) in [6.07, 6.45) is 0.882. The third-order valence-electron chi connectivity index (χ3n) is 6.00. The van der Waals surface area contributed by atoms with Crippen molar-refractivity contribution in [2.24, 2.45) is 0 Å². The van der Waals surface area contributed by atoms with Crippen LogP contribution in [0.15, 0.2) is 84.9 Å². The van der Waals surface area contributed by atoms with Gasteiger partial charge < -0.3 is 15.2 Å². The van der Waals surface area contributed by atoms with Crippen LogP contribution in [0, 0.1) is 11.3 Å². The molecule has 0 aliphatic heterocycles. The predicted octanol–water partition coefficient (Wildman–Crippen LogP) is 6.40. The van der Waals surface area contributed by atoms with Gasteiger partial charge in [0.1, 0.15) is 11.5 Å². The van der Waals surface area contributed by atoms with Crippen molar-refractivity contribution in [3.63, 3.8) is 0 Å². The fourth-order valence-electron chi connectivity index (χ4n) is 4.22. The van der Waals surface area contributed by atoms with E-state index < -0.39 is 5.97 Å². The first kappa shape index (κ1) is 24.5. The minimum absolute atomic E-state index is 0.0205. The number of benzene rings is 4. The van der Waals surface area contributed by atoms with E-state index in [4.69, 9.17) is 15.1 Å². The molecular formula is C30H26N2O4. The standard InChI is InChI=1S/C30H26N2O4/c1-20(26-13-5-9-22-8-2-3-12-27(22)26)32-30(35)28-18-25(16-15-23(28)10-6-14-29(33)34)36-24-11-4-7-21(17-24)19-31/h2-5,7-9,11-13,15-18,20H,6,10,14H2,1H3,(H,32,35)(H,33,34)/t20-/m1/s1. The molecule has 6 nitrogen and oxygen atoms in total. The van der Waals surface area contributed by atoms with Crippen LogP contribution < -0.4 is 10.1 Å². The number of carboxylic acids is 1. The van der Waals surface area contributed by atoms with Crippen LogP contribution in [0.2, 0.25) is 0 Å². The van der Waals surface area contributed by atoms with Crippen molar-refractivity contribution in [2.75, 3.05) is 0 Å². The highest BCUT2D eigenvalue weighted by Gasteiger charge is 2.18. The Labute approximate surface area is 209 Å². The number of hydrogen-bond acceptors (Lipinski definition) is 4. The minimum atomic E-state index is -0.872. The van der Waals surface area contributed by atoms with Gasteiger partial charge in [-0.2, -0.15) is 5.26 Å². The van der Waals surface area contributed by atoms with Crippen molar-refractivity contribution in [1.82, 2.24) is 5.32 Å². The number of carboxylic acid groups (broad SMARTS) is 1. The molecule has 0 aliphatic rings. The molecule has 0 spiro atoms. The number of aliphatic carboxylic acids is 1. The molecule has 1 amide bonds. The highest BCUT2D eigenvalue weighted by Crippen LogP contribution is 2.28. The molecule has 0 unspecified atom stereocenters. The molecule has 0 saturated heterocycles. The second-order valence-corrected chi connectivity index (χ2v) is 8.57. The van der Waals surface area contributed by atoms with Gasteiger partial charge in [-0.25, -0.2) is 0 Å². The average Bonchev–Trinajstić information content (AvgIpc) is 2.88. The normalized spacial score (nSPS) is 11.4. The Morgan fingerprint density at radius 2 is 1.72 bits per heavy atom. The minimum Gasteiger partial charge on any atom is -0.481 e. The van der Waals surface area contributed by atoms with Gasteiger partial charge in [0.2, 0.25) is 0 Å². The lowest BCUT2D eigenvalue weighted by Gasteiger charge is -2.19. The smallest absolute Gasteiger partial charge is 0.303 e. The van der Waals surface area contributed by atoms with Crippen molar-refractivity contribution in [2.45, 2.75) is 32.2 Å². The molecule has 4 aromatic carbocycles. The first-order chi connectivity index (χ1) is 17.4. The third-order valence-corrected chi connectivity index (χ3v) is 6.00. The Morgan fingerprint density at radius 1 is 0.972 bits per heavy atom. The van der Waals surface area contributed by atoms with E-state index in [0.29, 0.717) is 35.5 Å². The maximum absolute atomic E-state index is 13.5. The molecule has 1 atom stereocenters. The van der Waals surface area contributed by atoms with Gasteiger partial charge in [0.05, 0.1) is 17.7 Å². The number of nitrogens with one attached hydrogen (secondary N) is 1. The van der Waals surface area contributed by atoms with Gasteiger partial charge in [-0.15, -0.1) is 0 Å². The fourth-order valence-corrected chi connectivity index (χ4v) is 4.22. The highest BCUT2D eigenvalue weighted by molar-refractivity contribution is 5.97. The topological polar surface area (TPSA) is 99.4 Å². The van der Waals surface area contributed by atoms with Gasteiger partial charge in [0.15, 0.2) is 0 Å². The Balaban J connectivity index is 1.61. The summed E-state index contributed by atoms with van der Waals surface area (Å²) in [5, 5.41) is 23.4. The van der Waals surface area contributed by atoms with Crippen LogP contribution in [0.5, 0.6) is 11.5 Å². The number of rotatable bonds is 9. The van der Waals surface area contributed by atoms with Crippen LogP contribution in [0.25, 0.3) is 10.8 Å². The van der Waals surface area contributed by atoms with Crippen LogP contribution in [0.4, 0.5) is 0 Å². The number of amides is 1. The first-order valence-electron chi connectivity index (χ1n) is 11.8. The fraction of sp³-hybridized carbons (Fsp3) is 0.167. The summed E-state index contributed by atoms with van der Waals surface area (Å²) in [4.78, 5) is 24.5. The summed E-state index contributed by atoms with van der Waals surface area (Å²) in [7, 11) is 0. The number of fused-ring (bicyclic) bond motifs is 1. The Hall–Kier alpha value is -4.63. The van der Waals surface area contributed by atoms with Crippen molar-refractivity contribution in [3.8, 4) is 17.6 Å². The van der Waals surface area contributed by atoms with E-state index in [1.807, 2.05) is 49.4 Å². The van der Waals surface area contributed by atoms with Gasteiger partial charge in [0.25, 0.3) is 5.91 Å². The quantitative estimate of drug-likeness (QED) is 0.290. The molecule has 36 heavy (non-hydrogen) atoms. The lowest BCUT2D eigenvalue weighted by molar-refractivity contribution is -0.137. The highest BCUT2D eigenvalue weighted by atomic mass is 16.5. The van der Waals surface area contributed by atoms with Gasteiger partial charge in [-0.3, -0.25) is 9.59 Å². The van der Waals surface area contributed by atoms with Crippen molar-refractivity contribution in [1.29, 1.82) is 5.26 Å². The molecule has 0 fully saturated rings. The number of nitriles is 1. The molecule has 180 valence electrons. The zero-order chi connectivity index (χ0) is 25.5. The van der Waals surface area contributed by atoms with E-state index in [1.54, 1.807) is 42.5 Å². The monoisotopic (exact) mass is 478 g/mol. The molecule has 2 N–H and O–H groups in total. The molecule has 4 rings (SSSR count). The lowest BCUT2D eigenvalue weighted by atomic mass is 9.98. The first-order valence-corrected chi connectivity index (χ1v) is 11.8. The Kier molecular flexibility index (Phi) is 7.62. The number of aryl methyl sites for hydroxylation is 1. The predicted molar refractivity (Wildman–Crippen MR) is 138 cm³/mol. The van der Waals surface area contributed by atoms with E-state index in [9.17, 15) is 9.59 Å². The van der Waals surface area contributed by atoms with Crippen molar-refractivity contribution in [3.05, 3.63) is 107 Å². The second-order valence-electron chi connectivity index (χ2n) is 8.57. The summed E-state index contributed by atoms with van der Waals surface area (Å²) < 4.78 is 5.93. The van der Waals surface area contributed by atoms with Crippen LogP contribution in [-0.4, -0.2) is 17.0 Å². The summed E-state index contributed by atoms with van der Waals surface area (Å²) >= 11 is 0. The summed E-state index contributed by atoms with van der Waals surface area (Å²) in [5.41, 5.74) is 2.66. The van der Waals surface area contributed by atoms with Crippen LogP contribution >= 0.6 is 0 Å². The lowest BCUT2D eigenvalue weighted by Crippen LogP contribution is -2.27. The molecule has 0 aliphatic carbocycles. The molecule has 0 radical (unpaired) electrons. The Bertz CT molecular complexity index is 1450. The number of hydrogen-bond donors (Lipinski definition) is 2. The van der Waals surface area contributed by atoms with Crippen molar-refractivity contribution < 1.29 is 19.4 Å². The molecule has 0 saturated carbocycles. The number of ether oxygens (including phenoxy) is 1. The summed E-state index contributed by atoms with van der Waals surface area (Å²) in [6.45, 7) is 1.94. The average molecular weight is 479 g/mol.